The number of carbonyl (C=O) groups is 1. The maximum absolute atomic E-state index is 13.5. The molecule has 0 saturated heterocycles. The van der Waals surface area contributed by atoms with Gasteiger partial charge in [0.05, 0.1) is 20.8 Å². The SMILES string of the molecule is CCOC(=O)c1ccc(S(=O)(=O)N(Cc2ccc(OC)cc2)Cc2ccc(OC)cc2)cn1. The van der Waals surface area contributed by atoms with Gasteiger partial charge in [-0.1, -0.05) is 24.3 Å². The van der Waals surface area contributed by atoms with E-state index in [1.165, 1.54) is 22.6 Å². The normalized spacial score (nSPS) is 11.3. The fourth-order valence-electron chi connectivity index (χ4n) is 3.10. The standard InChI is InChI=1S/C24H26N2O6S/c1-4-32-24(27)23-14-13-22(15-25-23)33(28,29)26(16-18-5-9-20(30-2)10-6-18)17-19-7-11-21(31-3)12-8-19/h5-15H,4,16-17H2,1-3H3. The number of nitrogens with zero attached hydrogens (tertiary/aromatic N) is 2. The first-order valence-corrected chi connectivity index (χ1v) is 11.7. The van der Waals surface area contributed by atoms with Crippen LogP contribution in [0.5, 0.6) is 11.5 Å². The molecule has 33 heavy (non-hydrogen) atoms. The van der Waals surface area contributed by atoms with Gasteiger partial charge in [-0.3, -0.25) is 0 Å². The third-order valence-electron chi connectivity index (χ3n) is 4.89. The molecule has 0 aliphatic heterocycles. The maximum atomic E-state index is 13.5. The van der Waals surface area contributed by atoms with E-state index in [1.807, 2.05) is 24.3 Å². The van der Waals surface area contributed by atoms with Crippen LogP contribution in [-0.2, 0) is 27.8 Å². The van der Waals surface area contributed by atoms with Gasteiger partial charge in [-0.05, 0) is 54.4 Å². The number of hydrogen-bond acceptors (Lipinski definition) is 7. The molecule has 0 fully saturated rings. The van der Waals surface area contributed by atoms with Crippen molar-refractivity contribution in [3.8, 4) is 11.5 Å². The molecule has 0 spiro atoms. The number of ether oxygens (including phenoxy) is 3. The number of methoxy groups -OCH3 is 2. The Balaban J connectivity index is 1.92. The van der Waals surface area contributed by atoms with Crippen LogP contribution in [0, 0.1) is 0 Å². The Morgan fingerprint density at radius 2 is 1.36 bits per heavy atom. The Morgan fingerprint density at radius 1 is 0.848 bits per heavy atom. The summed E-state index contributed by atoms with van der Waals surface area (Å²) in [5, 5.41) is 0. The van der Waals surface area contributed by atoms with Gasteiger partial charge in [0.1, 0.15) is 22.1 Å². The molecule has 2 aromatic carbocycles. The summed E-state index contributed by atoms with van der Waals surface area (Å²) in [5.41, 5.74) is 1.64. The Bertz CT molecular complexity index is 1110. The van der Waals surface area contributed by atoms with Gasteiger partial charge in [-0.15, -0.1) is 0 Å². The molecule has 1 heterocycles. The lowest BCUT2D eigenvalue weighted by atomic mass is 10.2. The summed E-state index contributed by atoms with van der Waals surface area (Å²) >= 11 is 0. The van der Waals surface area contributed by atoms with E-state index in [0.29, 0.717) is 11.5 Å². The van der Waals surface area contributed by atoms with E-state index in [1.54, 1.807) is 45.4 Å². The molecule has 0 aliphatic rings. The average Bonchev–Trinajstić information content (AvgIpc) is 2.84. The topological polar surface area (TPSA) is 95.0 Å². The number of esters is 1. The van der Waals surface area contributed by atoms with Gasteiger partial charge in [-0.2, -0.15) is 4.31 Å². The number of hydrogen-bond donors (Lipinski definition) is 0. The van der Waals surface area contributed by atoms with Crippen molar-refractivity contribution in [1.29, 1.82) is 0 Å². The second-order valence-electron chi connectivity index (χ2n) is 7.07. The van der Waals surface area contributed by atoms with Gasteiger partial charge in [0.25, 0.3) is 0 Å². The second kappa shape index (κ2) is 10.9. The molecule has 174 valence electrons. The Labute approximate surface area is 193 Å². The Hall–Kier alpha value is -3.43. The minimum atomic E-state index is -3.93. The van der Waals surface area contributed by atoms with Crippen molar-refractivity contribution in [3.63, 3.8) is 0 Å². The average molecular weight is 471 g/mol. The number of sulfonamides is 1. The molecule has 3 rings (SSSR count). The van der Waals surface area contributed by atoms with Crippen molar-refractivity contribution in [2.24, 2.45) is 0 Å². The monoisotopic (exact) mass is 470 g/mol. The van der Waals surface area contributed by atoms with Crippen LogP contribution in [0.1, 0.15) is 28.5 Å². The summed E-state index contributed by atoms with van der Waals surface area (Å²) in [7, 11) is -0.784. The van der Waals surface area contributed by atoms with Crippen molar-refractivity contribution in [2.75, 3.05) is 20.8 Å². The molecule has 1 aromatic heterocycles. The van der Waals surface area contributed by atoms with Gasteiger partial charge >= 0.3 is 5.97 Å². The molecule has 0 atom stereocenters. The number of aromatic nitrogens is 1. The molecule has 8 nitrogen and oxygen atoms in total. The van der Waals surface area contributed by atoms with Crippen molar-refractivity contribution in [3.05, 3.63) is 83.7 Å². The van der Waals surface area contributed by atoms with Crippen molar-refractivity contribution in [2.45, 2.75) is 24.9 Å². The fourth-order valence-corrected chi connectivity index (χ4v) is 4.46. The zero-order valence-corrected chi connectivity index (χ0v) is 19.5. The summed E-state index contributed by atoms with van der Waals surface area (Å²) in [6, 6.07) is 17.1. The largest absolute Gasteiger partial charge is 0.497 e. The Morgan fingerprint density at radius 3 is 1.76 bits per heavy atom. The predicted octanol–water partition coefficient (Wildman–Crippen LogP) is 3.67. The van der Waals surface area contributed by atoms with E-state index in [-0.39, 0.29) is 30.3 Å². The summed E-state index contributed by atoms with van der Waals surface area (Å²) < 4.78 is 43.7. The van der Waals surface area contributed by atoms with Crippen LogP contribution >= 0.6 is 0 Å². The predicted molar refractivity (Wildman–Crippen MR) is 123 cm³/mol. The quantitative estimate of drug-likeness (QED) is 0.417. The van der Waals surface area contributed by atoms with Crippen molar-refractivity contribution in [1.82, 2.24) is 9.29 Å². The van der Waals surface area contributed by atoms with Gasteiger partial charge in [0, 0.05) is 19.3 Å². The number of carbonyl (C=O) groups excluding carboxylic acids is 1. The van der Waals surface area contributed by atoms with Gasteiger partial charge < -0.3 is 14.2 Å². The number of rotatable bonds is 10. The highest BCUT2D eigenvalue weighted by molar-refractivity contribution is 7.89. The number of pyridine rings is 1. The van der Waals surface area contributed by atoms with Crippen molar-refractivity contribution >= 4 is 16.0 Å². The van der Waals surface area contributed by atoms with E-state index in [2.05, 4.69) is 4.98 Å². The van der Waals surface area contributed by atoms with Crippen LogP contribution in [0.4, 0.5) is 0 Å². The third-order valence-corrected chi connectivity index (χ3v) is 6.67. The maximum Gasteiger partial charge on any atom is 0.356 e. The zero-order valence-electron chi connectivity index (χ0n) is 18.7. The highest BCUT2D eigenvalue weighted by Crippen LogP contribution is 2.23. The Kier molecular flexibility index (Phi) is 8.02. The first kappa shape index (κ1) is 24.2. The molecule has 9 heteroatoms. The molecule has 0 amide bonds. The fraction of sp³-hybridized carbons (Fsp3) is 0.250. The van der Waals surface area contributed by atoms with Crippen LogP contribution in [0.25, 0.3) is 0 Å². The molecule has 0 radical (unpaired) electrons. The molecule has 0 aliphatic carbocycles. The van der Waals surface area contributed by atoms with Crippen LogP contribution in [-0.4, -0.2) is 44.5 Å². The zero-order chi connectivity index (χ0) is 23.8. The van der Waals surface area contributed by atoms with E-state index < -0.39 is 16.0 Å². The van der Waals surface area contributed by atoms with Gasteiger partial charge in [-0.25, -0.2) is 18.2 Å². The third kappa shape index (κ3) is 6.09. The highest BCUT2D eigenvalue weighted by atomic mass is 32.2. The van der Waals surface area contributed by atoms with Crippen molar-refractivity contribution < 1.29 is 27.4 Å². The van der Waals surface area contributed by atoms with Crippen LogP contribution < -0.4 is 9.47 Å². The second-order valence-corrected chi connectivity index (χ2v) is 9.01. The lowest BCUT2D eigenvalue weighted by Crippen LogP contribution is -2.30. The highest BCUT2D eigenvalue weighted by Gasteiger charge is 2.26. The summed E-state index contributed by atoms with van der Waals surface area (Å²) in [5.74, 6) is 0.763. The van der Waals surface area contributed by atoms with Gasteiger partial charge in [0.15, 0.2) is 0 Å². The minimum absolute atomic E-state index is 0.0161. The molecule has 0 bridgehead atoms. The lowest BCUT2D eigenvalue weighted by Gasteiger charge is -2.23. The molecule has 0 N–H and O–H groups in total. The molecule has 3 aromatic rings. The van der Waals surface area contributed by atoms with E-state index >= 15 is 0 Å². The van der Waals surface area contributed by atoms with Gasteiger partial charge in [0.2, 0.25) is 10.0 Å². The van der Waals surface area contributed by atoms with E-state index in [9.17, 15) is 13.2 Å². The van der Waals surface area contributed by atoms with E-state index in [4.69, 9.17) is 14.2 Å². The van der Waals surface area contributed by atoms with E-state index in [0.717, 1.165) is 11.1 Å². The molecule has 0 unspecified atom stereocenters. The summed E-state index contributed by atoms with van der Waals surface area (Å²) in [6.45, 7) is 2.17. The smallest absolute Gasteiger partial charge is 0.356 e. The number of benzene rings is 2. The molecular formula is C24H26N2O6S. The first-order chi connectivity index (χ1) is 15.9. The minimum Gasteiger partial charge on any atom is -0.497 e. The van der Waals surface area contributed by atoms with Crippen LogP contribution in [0.3, 0.4) is 0 Å². The molecule has 0 saturated carbocycles. The first-order valence-electron chi connectivity index (χ1n) is 10.3. The summed E-state index contributed by atoms with van der Waals surface area (Å²) in [6.07, 6.45) is 1.18. The lowest BCUT2D eigenvalue weighted by molar-refractivity contribution is 0.0519. The van der Waals surface area contributed by atoms with Crippen LogP contribution in [0.15, 0.2) is 71.8 Å². The van der Waals surface area contributed by atoms with Crippen LogP contribution in [0.2, 0.25) is 0 Å². The summed E-state index contributed by atoms with van der Waals surface area (Å²) in [4.78, 5) is 15.8. The molecular weight excluding hydrogens is 444 g/mol.